The molecule has 0 amide bonds. The summed E-state index contributed by atoms with van der Waals surface area (Å²) in [5.74, 6) is 1.73. The summed E-state index contributed by atoms with van der Waals surface area (Å²) in [7, 11) is 0. The van der Waals surface area contributed by atoms with Crippen LogP contribution in [0.15, 0.2) is 30.3 Å². The second-order valence-electron chi connectivity index (χ2n) is 5.88. The third-order valence-electron chi connectivity index (χ3n) is 3.74. The number of rotatable bonds is 4. The zero-order valence-electron chi connectivity index (χ0n) is 13.4. The molecule has 1 aromatic heterocycles. The fraction of sp³-hybridized carbons (Fsp3) is 0.412. The Morgan fingerprint density at radius 1 is 1.13 bits per heavy atom. The molecular formula is C17H21FN4O. The summed E-state index contributed by atoms with van der Waals surface area (Å²) in [6, 6.07) is 7.78. The monoisotopic (exact) mass is 316 g/mol. The highest BCUT2D eigenvalue weighted by molar-refractivity contribution is 5.38. The highest BCUT2D eigenvalue weighted by Crippen LogP contribution is 2.25. The zero-order chi connectivity index (χ0) is 16.2. The van der Waals surface area contributed by atoms with E-state index in [-0.39, 0.29) is 11.7 Å². The third kappa shape index (κ3) is 3.96. The van der Waals surface area contributed by atoms with Gasteiger partial charge in [0.15, 0.2) is 0 Å². The molecule has 1 aliphatic rings. The van der Waals surface area contributed by atoms with Gasteiger partial charge in [-0.2, -0.15) is 4.98 Å². The fourth-order valence-electron chi connectivity index (χ4n) is 2.41. The first-order valence-corrected chi connectivity index (χ1v) is 7.90. The summed E-state index contributed by atoms with van der Waals surface area (Å²) in [4.78, 5) is 11.3. The third-order valence-corrected chi connectivity index (χ3v) is 3.74. The summed E-state index contributed by atoms with van der Waals surface area (Å²) in [5.41, 5.74) is 0.936. The van der Waals surface area contributed by atoms with Crippen molar-refractivity contribution in [1.82, 2.24) is 15.3 Å². The first kappa shape index (κ1) is 15.7. The minimum absolute atomic E-state index is 0.273. The van der Waals surface area contributed by atoms with Crippen molar-refractivity contribution >= 4 is 5.95 Å². The standard InChI is InChI=1S/C17H21FN4O/c1-12(2)15-11-16(23-14-5-3-13(18)4-6-14)21-17(20-15)22-9-7-19-8-10-22/h3-6,11-12,19H,7-10H2,1-2H3. The van der Waals surface area contributed by atoms with Gasteiger partial charge in [-0.15, -0.1) is 0 Å². The molecule has 3 rings (SSSR count). The minimum atomic E-state index is -0.288. The largest absolute Gasteiger partial charge is 0.439 e. The lowest BCUT2D eigenvalue weighted by molar-refractivity contribution is 0.456. The molecule has 0 saturated carbocycles. The molecule has 1 N–H and O–H groups in total. The van der Waals surface area contributed by atoms with Gasteiger partial charge in [-0.3, -0.25) is 0 Å². The van der Waals surface area contributed by atoms with Crippen LogP contribution in [-0.4, -0.2) is 36.1 Å². The minimum Gasteiger partial charge on any atom is -0.439 e. The van der Waals surface area contributed by atoms with Crippen LogP contribution in [-0.2, 0) is 0 Å². The van der Waals surface area contributed by atoms with Gasteiger partial charge in [0.25, 0.3) is 0 Å². The highest BCUT2D eigenvalue weighted by Gasteiger charge is 2.17. The Balaban J connectivity index is 1.88. The zero-order valence-corrected chi connectivity index (χ0v) is 13.4. The Morgan fingerprint density at radius 2 is 1.83 bits per heavy atom. The van der Waals surface area contributed by atoms with Gasteiger partial charge in [-0.05, 0) is 30.2 Å². The van der Waals surface area contributed by atoms with Crippen LogP contribution in [0, 0.1) is 5.82 Å². The van der Waals surface area contributed by atoms with Gasteiger partial charge >= 0.3 is 0 Å². The lowest BCUT2D eigenvalue weighted by Gasteiger charge is -2.28. The van der Waals surface area contributed by atoms with E-state index in [1.807, 2.05) is 6.07 Å². The number of hydrogen-bond donors (Lipinski definition) is 1. The molecule has 0 aliphatic carbocycles. The van der Waals surface area contributed by atoms with E-state index in [1.54, 1.807) is 12.1 Å². The Labute approximate surface area is 135 Å². The van der Waals surface area contributed by atoms with E-state index in [0.29, 0.717) is 17.6 Å². The van der Waals surface area contributed by atoms with E-state index in [4.69, 9.17) is 4.74 Å². The Morgan fingerprint density at radius 3 is 2.48 bits per heavy atom. The van der Waals surface area contributed by atoms with Gasteiger partial charge in [0, 0.05) is 32.2 Å². The van der Waals surface area contributed by atoms with Crippen LogP contribution < -0.4 is 15.0 Å². The quantitative estimate of drug-likeness (QED) is 0.940. The molecule has 1 aromatic carbocycles. The molecule has 0 unspecified atom stereocenters. The Bertz CT molecular complexity index is 654. The van der Waals surface area contributed by atoms with Crippen LogP contribution in [0.5, 0.6) is 11.6 Å². The smallest absolute Gasteiger partial charge is 0.228 e. The second-order valence-corrected chi connectivity index (χ2v) is 5.88. The van der Waals surface area contributed by atoms with Crippen molar-refractivity contribution < 1.29 is 9.13 Å². The number of benzene rings is 1. The van der Waals surface area contributed by atoms with E-state index in [1.165, 1.54) is 12.1 Å². The molecule has 0 bridgehead atoms. The Hall–Kier alpha value is -2.21. The van der Waals surface area contributed by atoms with E-state index < -0.39 is 0 Å². The molecule has 5 nitrogen and oxygen atoms in total. The van der Waals surface area contributed by atoms with Crippen molar-refractivity contribution in [2.75, 3.05) is 31.1 Å². The van der Waals surface area contributed by atoms with Gasteiger partial charge in [0.2, 0.25) is 11.8 Å². The molecule has 1 saturated heterocycles. The average molecular weight is 316 g/mol. The fourth-order valence-corrected chi connectivity index (χ4v) is 2.41. The maximum Gasteiger partial charge on any atom is 0.228 e. The first-order valence-electron chi connectivity index (χ1n) is 7.90. The van der Waals surface area contributed by atoms with Gasteiger partial charge in [0.05, 0.1) is 5.69 Å². The molecule has 0 spiro atoms. The number of hydrogen-bond acceptors (Lipinski definition) is 5. The molecule has 23 heavy (non-hydrogen) atoms. The topological polar surface area (TPSA) is 50.3 Å². The normalized spacial score (nSPS) is 15.0. The number of nitrogens with zero attached hydrogens (tertiary/aromatic N) is 3. The number of anilines is 1. The van der Waals surface area contributed by atoms with Crippen molar-refractivity contribution in [2.24, 2.45) is 0 Å². The first-order chi connectivity index (χ1) is 11.1. The Kier molecular flexibility index (Phi) is 4.71. The predicted octanol–water partition coefficient (Wildman–Crippen LogP) is 2.94. The lowest BCUT2D eigenvalue weighted by atomic mass is 10.1. The van der Waals surface area contributed by atoms with Gasteiger partial charge in [-0.25, -0.2) is 9.37 Å². The number of aromatic nitrogens is 2. The molecule has 122 valence electrons. The van der Waals surface area contributed by atoms with Gasteiger partial charge < -0.3 is 15.0 Å². The molecule has 2 heterocycles. The molecular weight excluding hydrogens is 295 g/mol. The van der Waals surface area contributed by atoms with Crippen molar-refractivity contribution in [1.29, 1.82) is 0 Å². The van der Waals surface area contributed by atoms with Crippen LogP contribution in [0.25, 0.3) is 0 Å². The van der Waals surface area contributed by atoms with E-state index in [2.05, 4.69) is 34.0 Å². The lowest BCUT2D eigenvalue weighted by Crippen LogP contribution is -2.44. The van der Waals surface area contributed by atoms with Crippen LogP contribution in [0.4, 0.5) is 10.3 Å². The van der Waals surface area contributed by atoms with Crippen LogP contribution >= 0.6 is 0 Å². The summed E-state index contributed by atoms with van der Waals surface area (Å²) in [6.07, 6.45) is 0. The van der Waals surface area contributed by atoms with E-state index in [0.717, 1.165) is 31.9 Å². The maximum absolute atomic E-state index is 13.0. The molecule has 0 radical (unpaired) electrons. The maximum atomic E-state index is 13.0. The van der Waals surface area contributed by atoms with E-state index >= 15 is 0 Å². The SMILES string of the molecule is CC(C)c1cc(Oc2ccc(F)cc2)nc(N2CCNCC2)n1. The van der Waals surface area contributed by atoms with Crippen molar-refractivity contribution in [3.63, 3.8) is 0 Å². The molecule has 1 aliphatic heterocycles. The second kappa shape index (κ2) is 6.91. The molecule has 6 heteroatoms. The number of halogens is 1. The number of ether oxygens (including phenoxy) is 1. The van der Waals surface area contributed by atoms with Gasteiger partial charge in [0.1, 0.15) is 11.6 Å². The van der Waals surface area contributed by atoms with Crippen LogP contribution in [0.2, 0.25) is 0 Å². The summed E-state index contributed by atoms with van der Waals surface area (Å²) >= 11 is 0. The number of piperazine rings is 1. The van der Waals surface area contributed by atoms with Gasteiger partial charge in [-0.1, -0.05) is 13.8 Å². The summed E-state index contributed by atoms with van der Waals surface area (Å²) in [6.45, 7) is 7.76. The van der Waals surface area contributed by atoms with Crippen molar-refractivity contribution in [3.05, 3.63) is 41.8 Å². The summed E-state index contributed by atoms with van der Waals surface area (Å²) < 4.78 is 18.8. The molecule has 0 atom stereocenters. The van der Waals surface area contributed by atoms with Crippen molar-refractivity contribution in [3.8, 4) is 11.6 Å². The number of nitrogens with one attached hydrogen (secondary N) is 1. The van der Waals surface area contributed by atoms with Crippen LogP contribution in [0.3, 0.4) is 0 Å². The van der Waals surface area contributed by atoms with Crippen LogP contribution in [0.1, 0.15) is 25.5 Å². The van der Waals surface area contributed by atoms with Crippen molar-refractivity contribution in [2.45, 2.75) is 19.8 Å². The highest BCUT2D eigenvalue weighted by atomic mass is 19.1. The van der Waals surface area contributed by atoms with E-state index in [9.17, 15) is 4.39 Å². The average Bonchev–Trinajstić information content (AvgIpc) is 2.57. The molecule has 1 fully saturated rings. The predicted molar refractivity (Wildman–Crippen MR) is 87.7 cm³/mol. The summed E-state index contributed by atoms with van der Waals surface area (Å²) in [5, 5.41) is 3.32. The molecule has 2 aromatic rings.